The molecule has 0 radical (unpaired) electrons. The molecule has 32 heavy (non-hydrogen) atoms. The number of fused-ring (bicyclic) bond motifs is 2. The van der Waals surface area contributed by atoms with Gasteiger partial charge in [0.2, 0.25) is 11.9 Å². The zero-order valence-electron chi connectivity index (χ0n) is 19.0. The Morgan fingerprint density at radius 1 is 1.16 bits per heavy atom. The number of para-hydroxylation sites is 2. The fraction of sp³-hybridized carbons (Fsp3) is 0.391. The van der Waals surface area contributed by atoms with Gasteiger partial charge in [-0.3, -0.25) is 20.0 Å². The van der Waals surface area contributed by atoms with Crippen LogP contribution in [-0.4, -0.2) is 54.6 Å². The Labute approximate surface area is 186 Å². The van der Waals surface area contributed by atoms with Crippen LogP contribution in [0.5, 0.6) is 0 Å². The Morgan fingerprint density at radius 3 is 2.66 bits per heavy atom. The van der Waals surface area contributed by atoms with Crippen molar-refractivity contribution >= 4 is 28.5 Å². The van der Waals surface area contributed by atoms with Gasteiger partial charge in [0.05, 0.1) is 17.5 Å². The maximum absolute atomic E-state index is 13.0. The molecular weight excluding hydrogens is 406 g/mol. The smallest absolute Gasteiger partial charge is 0.266 e. The van der Waals surface area contributed by atoms with Crippen molar-refractivity contribution in [1.82, 2.24) is 29.0 Å². The molecule has 168 valence electrons. The van der Waals surface area contributed by atoms with Crippen molar-refractivity contribution in [2.24, 2.45) is 0 Å². The minimum atomic E-state index is -0.219. The number of amides is 1. The first-order valence-corrected chi connectivity index (χ1v) is 11.0. The highest BCUT2D eigenvalue weighted by Gasteiger charge is 2.17. The van der Waals surface area contributed by atoms with Crippen molar-refractivity contribution in [3.8, 4) is 0 Å². The van der Waals surface area contributed by atoms with Crippen LogP contribution in [0, 0.1) is 13.8 Å². The third-order valence-electron chi connectivity index (χ3n) is 5.98. The molecule has 1 amide bonds. The van der Waals surface area contributed by atoms with Crippen molar-refractivity contribution < 1.29 is 4.79 Å². The van der Waals surface area contributed by atoms with Gasteiger partial charge in [-0.15, -0.1) is 0 Å². The summed E-state index contributed by atoms with van der Waals surface area (Å²) in [7, 11) is 0. The lowest BCUT2D eigenvalue weighted by Crippen LogP contribution is -2.28. The molecule has 0 aliphatic rings. The number of benzene rings is 1. The van der Waals surface area contributed by atoms with Gasteiger partial charge < -0.3 is 9.47 Å². The number of aromatic amines is 1. The first-order valence-electron chi connectivity index (χ1n) is 11.0. The monoisotopic (exact) mass is 435 g/mol. The van der Waals surface area contributed by atoms with E-state index in [9.17, 15) is 9.59 Å². The van der Waals surface area contributed by atoms with Crippen LogP contribution in [0.4, 0.5) is 5.95 Å². The number of imidazole rings is 1. The van der Waals surface area contributed by atoms with Gasteiger partial charge in [-0.1, -0.05) is 26.0 Å². The van der Waals surface area contributed by atoms with Gasteiger partial charge in [-0.25, -0.2) is 14.5 Å². The molecule has 3 aromatic heterocycles. The zero-order valence-corrected chi connectivity index (χ0v) is 19.0. The number of aryl methyl sites for hydroxylation is 2. The Bertz CT molecular complexity index is 1330. The number of hydrogen-bond acceptors (Lipinski definition) is 5. The molecule has 4 rings (SSSR count). The van der Waals surface area contributed by atoms with E-state index in [2.05, 4.69) is 43.7 Å². The SMILES string of the molecule is CCN(CC)CCn1c(NC(=O)Cc2c(C)nc3cc(=O)[nH]n3c2C)nc2ccccc21. The fourth-order valence-electron chi connectivity index (χ4n) is 4.12. The van der Waals surface area contributed by atoms with Gasteiger partial charge in [0.15, 0.2) is 5.65 Å². The second-order valence-corrected chi connectivity index (χ2v) is 7.90. The molecule has 0 saturated heterocycles. The number of H-pyrrole nitrogens is 1. The summed E-state index contributed by atoms with van der Waals surface area (Å²) in [5.74, 6) is 0.369. The molecule has 0 atom stereocenters. The van der Waals surface area contributed by atoms with E-state index in [1.807, 2.05) is 38.1 Å². The van der Waals surface area contributed by atoms with Crippen LogP contribution in [0.15, 0.2) is 35.1 Å². The van der Waals surface area contributed by atoms with Crippen molar-refractivity contribution in [2.75, 3.05) is 25.0 Å². The minimum Gasteiger partial charge on any atom is -0.309 e. The lowest BCUT2D eigenvalue weighted by Gasteiger charge is -2.19. The molecule has 0 aliphatic heterocycles. The van der Waals surface area contributed by atoms with Crippen molar-refractivity contribution in [1.29, 1.82) is 0 Å². The molecular formula is C23H29N7O2. The van der Waals surface area contributed by atoms with E-state index in [1.54, 1.807) is 4.52 Å². The molecule has 4 aromatic rings. The average Bonchev–Trinajstić information content (AvgIpc) is 3.31. The highest BCUT2D eigenvalue weighted by atomic mass is 16.1. The standard InChI is InChI=1S/C23H29N7O2/c1-5-28(6-2)11-12-29-19-10-8-7-9-18(19)25-23(29)26-21(31)13-17-15(3)24-20-14-22(32)27-30(20)16(17)4/h7-10,14H,5-6,11-13H2,1-4H3,(H,27,32)(H,25,26,31). The normalized spacial score (nSPS) is 11.7. The molecule has 1 aromatic carbocycles. The summed E-state index contributed by atoms with van der Waals surface area (Å²) in [6, 6.07) is 9.35. The number of likely N-dealkylation sites (N-methyl/N-ethyl adjacent to an activating group) is 1. The summed E-state index contributed by atoms with van der Waals surface area (Å²) in [6.45, 7) is 11.6. The van der Waals surface area contributed by atoms with Crippen LogP contribution >= 0.6 is 0 Å². The lowest BCUT2D eigenvalue weighted by molar-refractivity contribution is -0.115. The highest BCUT2D eigenvalue weighted by molar-refractivity contribution is 5.93. The zero-order chi connectivity index (χ0) is 22.8. The Balaban J connectivity index is 1.61. The first kappa shape index (κ1) is 21.8. The molecule has 0 saturated carbocycles. The van der Waals surface area contributed by atoms with Crippen molar-refractivity contribution in [2.45, 2.75) is 40.7 Å². The largest absolute Gasteiger partial charge is 0.309 e. The lowest BCUT2D eigenvalue weighted by atomic mass is 10.1. The summed E-state index contributed by atoms with van der Waals surface area (Å²) in [6.07, 6.45) is 0.139. The van der Waals surface area contributed by atoms with Gasteiger partial charge in [-0.05, 0) is 39.1 Å². The molecule has 9 heteroatoms. The molecule has 0 aliphatic carbocycles. The van der Waals surface area contributed by atoms with Crippen LogP contribution < -0.4 is 10.9 Å². The fourth-order valence-corrected chi connectivity index (χ4v) is 4.12. The molecule has 0 spiro atoms. The summed E-state index contributed by atoms with van der Waals surface area (Å²) in [5.41, 5.74) is 4.48. The van der Waals surface area contributed by atoms with Gasteiger partial charge in [0.1, 0.15) is 0 Å². The average molecular weight is 436 g/mol. The first-order chi connectivity index (χ1) is 15.4. The molecule has 0 fully saturated rings. The number of nitrogens with one attached hydrogen (secondary N) is 2. The second-order valence-electron chi connectivity index (χ2n) is 7.90. The topological polar surface area (TPSA) is 100 Å². The van der Waals surface area contributed by atoms with Gasteiger partial charge in [0, 0.05) is 36.1 Å². The second kappa shape index (κ2) is 8.96. The van der Waals surface area contributed by atoms with E-state index in [1.165, 1.54) is 6.07 Å². The van der Waals surface area contributed by atoms with Gasteiger partial charge in [0.25, 0.3) is 5.56 Å². The van der Waals surface area contributed by atoms with E-state index in [0.717, 1.165) is 54.2 Å². The molecule has 0 unspecified atom stereocenters. The quantitative estimate of drug-likeness (QED) is 0.443. The summed E-state index contributed by atoms with van der Waals surface area (Å²) in [4.78, 5) is 36.2. The number of carbonyl (C=O) groups excluding carboxylic acids is 1. The van der Waals surface area contributed by atoms with Crippen molar-refractivity contribution in [3.05, 3.63) is 57.6 Å². The Hall–Kier alpha value is -3.46. The molecule has 2 N–H and O–H groups in total. The molecule has 0 bridgehead atoms. The predicted octanol–water partition coefficient (Wildman–Crippen LogP) is 2.51. The summed E-state index contributed by atoms with van der Waals surface area (Å²) in [5, 5.41) is 5.73. The number of anilines is 1. The van der Waals surface area contributed by atoms with Crippen LogP contribution in [0.3, 0.4) is 0 Å². The third kappa shape index (κ3) is 4.16. The van der Waals surface area contributed by atoms with Gasteiger partial charge in [-0.2, -0.15) is 0 Å². The van der Waals surface area contributed by atoms with E-state index < -0.39 is 0 Å². The van der Waals surface area contributed by atoms with Crippen LogP contribution in [0.1, 0.15) is 30.8 Å². The van der Waals surface area contributed by atoms with Crippen LogP contribution in [0.25, 0.3) is 16.7 Å². The maximum atomic E-state index is 13.0. The molecule has 9 nitrogen and oxygen atoms in total. The van der Waals surface area contributed by atoms with E-state index >= 15 is 0 Å². The predicted molar refractivity (Wildman–Crippen MR) is 125 cm³/mol. The van der Waals surface area contributed by atoms with Crippen molar-refractivity contribution in [3.63, 3.8) is 0 Å². The van der Waals surface area contributed by atoms with E-state index in [-0.39, 0.29) is 17.9 Å². The highest BCUT2D eigenvalue weighted by Crippen LogP contribution is 2.21. The third-order valence-corrected chi connectivity index (χ3v) is 5.98. The summed E-state index contributed by atoms with van der Waals surface area (Å²) >= 11 is 0. The molecule has 3 heterocycles. The maximum Gasteiger partial charge on any atom is 0.266 e. The van der Waals surface area contributed by atoms with Crippen LogP contribution in [-0.2, 0) is 17.8 Å². The number of carbonyl (C=O) groups is 1. The number of nitrogens with zero attached hydrogens (tertiary/aromatic N) is 5. The summed E-state index contributed by atoms with van der Waals surface area (Å²) < 4.78 is 3.69. The van der Waals surface area contributed by atoms with E-state index in [4.69, 9.17) is 0 Å². The minimum absolute atomic E-state index is 0.139. The number of hydrogen-bond donors (Lipinski definition) is 2. The number of aromatic nitrogens is 5. The van der Waals surface area contributed by atoms with Gasteiger partial charge >= 0.3 is 0 Å². The Kier molecular flexibility index (Phi) is 6.09. The number of rotatable bonds is 8. The Morgan fingerprint density at radius 2 is 1.91 bits per heavy atom. The van der Waals surface area contributed by atoms with E-state index in [0.29, 0.717) is 11.6 Å². The van der Waals surface area contributed by atoms with Crippen LogP contribution in [0.2, 0.25) is 0 Å².